The van der Waals surface area contributed by atoms with Gasteiger partial charge in [-0.25, -0.2) is 4.98 Å². The highest BCUT2D eigenvalue weighted by molar-refractivity contribution is 8.00. The molecule has 5 nitrogen and oxygen atoms in total. The second-order valence-electron chi connectivity index (χ2n) is 6.79. The number of carbonyl (C=O) groups excluding carboxylic acids is 1. The zero-order chi connectivity index (χ0) is 21.4. The summed E-state index contributed by atoms with van der Waals surface area (Å²) in [5.74, 6) is -0.498. The standard InChI is InChI=1S/C22H18ClN3O2S2/c1-12-13(2)29-20-17(12)21(28)26(16-10-8-15(23)9-11-16)22(25-20)30-18(19(24)27)14-6-4-3-5-7-14/h3-11,18H,1-2H3,(H2,24,27). The summed E-state index contributed by atoms with van der Waals surface area (Å²) in [6.45, 7) is 3.89. The highest BCUT2D eigenvalue weighted by atomic mass is 35.5. The number of nitrogens with two attached hydrogens (primary N) is 1. The van der Waals surface area contributed by atoms with Gasteiger partial charge in [-0.15, -0.1) is 11.3 Å². The van der Waals surface area contributed by atoms with Gasteiger partial charge in [-0.1, -0.05) is 53.7 Å². The van der Waals surface area contributed by atoms with Crippen LogP contribution in [0.15, 0.2) is 64.5 Å². The van der Waals surface area contributed by atoms with E-state index in [0.29, 0.717) is 26.1 Å². The lowest BCUT2D eigenvalue weighted by molar-refractivity contribution is -0.117. The molecule has 4 aromatic rings. The lowest BCUT2D eigenvalue weighted by Crippen LogP contribution is -2.24. The lowest BCUT2D eigenvalue weighted by atomic mass is 10.1. The first-order valence-electron chi connectivity index (χ1n) is 9.16. The van der Waals surface area contributed by atoms with Crippen molar-refractivity contribution in [3.05, 3.63) is 86.0 Å². The monoisotopic (exact) mass is 455 g/mol. The molecule has 1 unspecified atom stereocenters. The maximum atomic E-state index is 13.5. The molecule has 0 aliphatic carbocycles. The van der Waals surface area contributed by atoms with E-state index in [4.69, 9.17) is 22.3 Å². The number of halogens is 1. The molecule has 2 aromatic heterocycles. The first-order valence-corrected chi connectivity index (χ1v) is 11.2. The van der Waals surface area contributed by atoms with E-state index in [-0.39, 0.29) is 5.56 Å². The third-order valence-corrected chi connectivity index (χ3v) is 7.42. The van der Waals surface area contributed by atoms with Crippen LogP contribution >= 0.6 is 34.7 Å². The summed E-state index contributed by atoms with van der Waals surface area (Å²) in [4.78, 5) is 32.3. The molecule has 30 heavy (non-hydrogen) atoms. The molecule has 2 aromatic carbocycles. The topological polar surface area (TPSA) is 78.0 Å². The number of primary amides is 1. The highest BCUT2D eigenvalue weighted by Crippen LogP contribution is 2.36. The number of hydrogen-bond donors (Lipinski definition) is 1. The van der Waals surface area contributed by atoms with Crippen molar-refractivity contribution >= 4 is 50.8 Å². The fourth-order valence-corrected chi connectivity index (χ4v) is 5.46. The smallest absolute Gasteiger partial charge is 0.267 e. The highest BCUT2D eigenvalue weighted by Gasteiger charge is 2.25. The fourth-order valence-electron chi connectivity index (χ4n) is 3.20. The number of thiophene rings is 1. The maximum absolute atomic E-state index is 13.5. The van der Waals surface area contributed by atoms with Crippen LogP contribution in [0.25, 0.3) is 15.9 Å². The van der Waals surface area contributed by atoms with Crippen molar-refractivity contribution < 1.29 is 4.79 Å². The number of aryl methyl sites for hydroxylation is 2. The Morgan fingerprint density at radius 2 is 1.80 bits per heavy atom. The number of aromatic nitrogens is 2. The molecule has 8 heteroatoms. The summed E-state index contributed by atoms with van der Waals surface area (Å²) in [5.41, 5.74) is 7.84. The number of rotatable bonds is 5. The van der Waals surface area contributed by atoms with E-state index in [1.807, 2.05) is 44.2 Å². The van der Waals surface area contributed by atoms with E-state index < -0.39 is 11.2 Å². The Kier molecular flexibility index (Phi) is 5.69. The van der Waals surface area contributed by atoms with Gasteiger partial charge in [0, 0.05) is 9.90 Å². The third-order valence-electron chi connectivity index (χ3n) is 4.84. The molecule has 2 N–H and O–H groups in total. The molecule has 1 amide bonds. The molecule has 4 rings (SSSR count). The lowest BCUT2D eigenvalue weighted by Gasteiger charge is -2.17. The zero-order valence-corrected chi connectivity index (χ0v) is 18.6. The van der Waals surface area contributed by atoms with Gasteiger partial charge in [0.2, 0.25) is 5.91 Å². The van der Waals surface area contributed by atoms with Crippen LogP contribution in [0.2, 0.25) is 5.02 Å². The minimum Gasteiger partial charge on any atom is -0.368 e. The van der Waals surface area contributed by atoms with Crippen molar-refractivity contribution in [2.24, 2.45) is 5.73 Å². The van der Waals surface area contributed by atoms with Gasteiger partial charge in [0.05, 0.1) is 11.1 Å². The van der Waals surface area contributed by atoms with Crippen molar-refractivity contribution in [1.82, 2.24) is 9.55 Å². The molecule has 1 atom stereocenters. The van der Waals surface area contributed by atoms with Gasteiger partial charge < -0.3 is 5.73 Å². The first kappa shape index (κ1) is 20.7. The normalized spacial score (nSPS) is 12.2. The Hall–Kier alpha value is -2.61. The van der Waals surface area contributed by atoms with Crippen LogP contribution in [0, 0.1) is 13.8 Å². The van der Waals surface area contributed by atoms with Crippen LogP contribution in [0.1, 0.15) is 21.3 Å². The molecular weight excluding hydrogens is 438 g/mol. The van der Waals surface area contributed by atoms with Crippen molar-refractivity contribution in [3.8, 4) is 5.69 Å². The Morgan fingerprint density at radius 1 is 1.13 bits per heavy atom. The Bertz CT molecular complexity index is 1300. The third kappa shape index (κ3) is 3.76. The second-order valence-corrected chi connectivity index (χ2v) is 9.50. The van der Waals surface area contributed by atoms with Gasteiger partial charge >= 0.3 is 0 Å². The van der Waals surface area contributed by atoms with Crippen LogP contribution in [0.3, 0.4) is 0 Å². The van der Waals surface area contributed by atoms with E-state index >= 15 is 0 Å². The molecule has 0 aliphatic rings. The van der Waals surface area contributed by atoms with Crippen LogP contribution in [0.5, 0.6) is 0 Å². The van der Waals surface area contributed by atoms with Gasteiger partial charge in [0.1, 0.15) is 10.1 Å². The molecule has 0 spiro atoms. The number of hydrogen-bond acceptors (Lipinski definition) is 5. The van der Waals surface area contributed by atoms with Crippen LogP contribution in [0.4, 0.5) is 0 Å². The average Bonchev–Trinajstić information content (AvgIpc) is 3.01. The minimum atomic E-state index is -0.684. The molecule has 152 valence electrons. The van der Waals surface area contributed by atoms with Gasteiger partial charge in [-0.05, 0) is 49.2 Å². The molecular formula is C22H18ClN3O2S2. The van der Waals surface area contributed by atoms with E-state index in [2.05, 4.69) is 0 Å². The summed E-state index contributed by atoms with van der Waals surface area (Å²) >= 11 is 8.68. The van der Waals surface area contributed by atoms with Crippen LogP contribution < -0.4 is 11.3 Å². The number of carbonyl (C=O) groups is 1. The summed E-state index contributed by atoms with van der Waals surface area (Å²) in [6, 6.07) is 16.2. The molecule has 0 saturated heterocycles. The quantitative estimate of drug-likeness (QED) is 0.338. The van der Waals surface area contributed by atoms with E-state index in [0.717, 1.165) is 16.0 Å². The number of amides is 1. The Balaban J connectivity index is 1.95. The second kappa shape index (κ2) is 8.26. The van der Waals surface area contributed by atoms with Crippen molar-refractivity contribution in [3.63, 3.8) is 0 Å². The predicted octanol–water partition coefficient (Wildman–Crippen LogP) is 5.04. The fraction of sp³-hybridized carbons (Fsp3) is 0.136. The van der Waals surface area contributed by atoms with Gasteiger partial charge in [-0.3, -0.25) is 14.2 Å². The van der Waals surface area contributed by atoms with Crippen molar-refractivity contribution in [1.29, 1.82) is 0 Å². The number of benzene rings is 2. The van der Waals surface area contributed by atoms with Crippen LogP contribution in [-0.2, 0) is 4.79 Å². The van der Waals surface area contributed by atoms with Gasteiger partial charge in [-0.2, -0.15) is 0 Å². The van der Waals surface area contributed by atoms with Gasteiger partial charge in [0.15, 0.2) is 5.16 Å². The van der Waals surface area contributed by atoms with E-state index in [1.165, 1.54) is 27.7 Å². The number of thioether (sulfide) groups is 1. The van der Waals surface area contributed by atoms with E-state index in [1.54, 1.807) is 24.3 Å². The predicted molar refractivity (Wildman–Crippen MR) is 124 cm³/mol. The SMILES string of the molecule is Cc1sc2nc(SC(C(N)=O)c3ccccc3)n(-c3ccc(Cl)cc3)c(=O)c2c1C. The largest absolute Gasteiger partial charge is 0.368 e. The number of nitrogens with zero attached hydrogens (tertiary/aromatic N) is 2. The molecule has 0 bridgehead atoms. The Morgan fingerprint density at radius 3 is 2.43 bits per heavy atom. The zero-order valence-electron chi connectivity index (χ0n) is 16.3. The van der Waals surface area contributed by atoms with Crippen molar-refractivity contribution in [2.75, 3.05) is 0 Å². The summed E-state index contributed by atoms with van der Waals surface area (Å²) in [5, 5.41) is 0.879. The molecule has 0 saturated carbocycles. The molecule has 0 radical (unpaired) electrons. The first-order chi connectivity index (χ1) is 14.4. The maximum Gasteiger partial charge on any atom is 0.267 e. The molecule has 0 aliphatic heterocycles. The average molecular weight is 456 g/mol. The minimum absolute atomic E-state index is 0.178. The van der Waals surface area contributed by atoms with Crippen LogP contribution in [-0.4, -0.2) is 15.5 Å². The molecule has 0 fully saturated rings. The summed E-state index contributed by atoms with van der Waals surface area (Å²) in [6.07, 6.45) is 0. The summed E-state index contributed by atoms with van der Waals surface area (Å²) < 4.78 is 1.53. The number of fused-ring (bicyclic) bond motifs is 1. The van der Waals surface area contributed by atoms with E-state index in [9.17, 15) is 9.59 Å². The van der Waals surface area contributed by atoms with Crippen molar-refractivity contribution in [2.45, 2.75) is 24.3 Å². The van der Waals surface area contributed by atoms with Gasteiger partial charge in [0.25, 0.3) is 5.56 Å². The summed E-state index contributed by atoms with van der Waals surface area (Å²) in [7, 11) is 0. The molecule has 2 heterocycles. The Labute approximate surface area is 186 Å².